The van der Waals surface area contributed by atoms with Gasteiger partial charge in [0.1, 0.15) is 0 Å². The first-order chi connectivity index (χ1) is 11.5. The highest BCUT2D eigenvalue weighted by atomic mass is 35.5. The van der Waals surface area contributed by atoms with Gasteiger partial charge in [-0.3, -0.25) is 9.59 Å². The van der Waals surface area contributed by atoms with Crippen LogP contribution in [-0.2, 0) is 4.79 Å². The number of hydrogen-bond acceptors (Lipinski definition) is 4. The van der Waals surface area contributed by atoms with E-state index in [0.29, 0.717) is 26.3 Å². The fourth-order valence-electron chi connectivity index (χ4n) is 2.08. The van der Waals surface area contributed by atoms with E-state index in [1.165, 1.54) is 11.8 Å². The van der Waals surface area contributed by atoms with Crippen molar-refractivity contribution in [2.75, 3.05) is 0 Å². The molecule has 0 radical (unpaired) electrons. The monoisotopic (exact) mass is 357 g/mol. The van der Waals surface area contributed by atoms with Crippen LogP contribution in [0.2, 0.25) is 5.02 Å². The van der Waals surface area contributed by atoms with Crippen molar-refractivity contribution in [1.29, 1.82) is 0 Å². The van der Waals surface area contributed by atoms with Gasteiger partial charge in [-0.2, -0.15) is 0 Å². The number of para-hydroxylation sites is 1. The molecule has 1 heterocycles. The van der Waals surface area contributed by atoms with Crippen LogP contribution in [0, 0.1) is 0 Å². The van der Waals surface area contributed by atoms with E-state index in [9.17, 15) is 9.59 Å². The number of nitrogens with one attached hydrogen (secondary N) is 1. The summed E-state index contributed by atoms with van der Waals surface area (Å²) in [6.45, 7) is 0. The van der Waals surface area contributed by atoms with E-state index in [0.717, 1.165) is 5.56 Å². The number of carbonyl (C=O) groups is 2. The molecule has 0 bridgehead atoms. The van der Waals surface area contributed by atoms with Crippen molar-refractivity contribution in [2.24, 2.45) is 10.7 Å². The lowest BCUT2D eigenvalue weighted by Gasteiger charge is -2.01. The van der Waals surface area contributed by atoms with Gasteiger partial charge in [0.15, 0.2) is 5.17 Å². The summed E-state index contributed by atoms with van der Waals surface area (Å²) in [5, 5.41) is 3.71. The van der Waals surface area contributed by atoms with Gasteiger partial charge in [0.2, 0.25) is 0 Å². The number of thioether (sulfide) groups is 1. The first-order valence-corrected chi connectivity index (χ1v) is 8.16. The molecule has 7 heteroatoms. The highest BCUT2D eigenvalue weighted by Crippen LogP contribution is 2.29. The Kier molecular flexibility index (Phi) is 4.69. The second kappa shape index (κ2) is 6.90. The molecule has 0 aromatic heterocycles. The van der Waals surface area contributed by atoms with E-state index >= 15 is 0 Å². The zero-order valence-electron chi connectivity index (χ0n) is 12.3. The molecule has 1 aliphatic heterocycles. The van der Waals surface area contributed by atoms with Gasteiger partial charge in [-0.05, 0) is 47.7 Å². The van der Waals surface area contributed by atoms with E-state index in [-0.39, 0.29) is 5.91 Å². The molecule has 2 aromatic carbocycles. The predicted octanol–water partition coefficient (Wildman–Crippen LogP) is 3.33. The second-order valence-electron chi connectivity index (χ2n) is 4.91. The fraction of sp³-hybridized carbons (Fsp3) is 0. The Morgan fingerprint density at radius 3 is 2.58 bits per heavy atom. The minimum atomic E-state index is -0.568. The summed E-state index contributed by atoms with van der Waals surface area (Å²) < 4.78 is 0. The van der Waals surface area contributed by atoms with Crippen LogP contribution in [-0.4, -0.2) is 17.0 Å². The lowest BCUT2D eigenvalue weighted by molar-refractivity contribution is -0.115. The molecule has 1 aliphatic rings. The maximum atomic E-state index is 12.1. The number of primary amides is 1. The molecule has 0 spiro atoms. The van der Waals surface area contributed by atoms with E-state index < -0.39 is 5.91 Å². The normalized spacial score (nSPS) is 17.3. The second-order valence-corrected chi connectivity index (χ2v) is 6.38. The summed E-state index contributed by atoms with van der Waals surface area (Å²) in [7, 11) is 0. The van der Waals surface area contributed by atoms with Crippen LogP contribution in [0.1, 0.15) is 15.9 Å². The van der Waals surface area contributed by atoms with Crippen molar-refractivity contribution < 1.29 is 9.59 Å². The Hall–Kier alpha value is -2.57. The molecule has 0 atom stereocenters. The van der Waals surface area contributed by atoms with Gasteiger partial charge >= 0.3 is 0 Å². The van der Waals surface area contributed by atoms with Gasteiger partial charge in [-0.25, -0.2) is 4.99 Å². The largest absolute Gasteiger partial charge is 0.366 e. The smallest absolute Gasteiger partial charge is 0.264 e. The van der Waals surface area contributed by atoms with Crippen LogP contribution in [0.25, 0.3) is 6.08 Å². The number of rotatable bonds is 3. The lowest BCUT2D eigenvalue weighted by atomic mass is 10.2. The molecule has 3 N–H and O–H groups in total. The summed E-state index contributed by atoms with van der Waals surface area (Å²) >= 11 is 7.05. The van der Waals surface area contributed by atoms with Gasteiger partial charge in [0.25, 0.3) is 11.8 Å². The van der Waals surface area contributed by atoms with Gasteiger partial charge in [-0.1, -0.05) is 35.9 Å². The van der Waals surface area contributed by atoms with Gasteiger partial charge in [-0.15, -0.1) is 0 Å². The number of amidine groups is 1. The number of benzene rings is 2. The Labute approximate surface area is 147 Å². The summed E-state index contributed by atoms with van der Waals surface area (Å²) in [6, 6.07) is 13.9. The number of hydrogen-bond donors (Lipinski definition) is 2. The van der Waals surface area contributed by atoms with Crippen LogP contribution in [0.15, 0.2) is 58.4 Å². The predicted molar refractivity (Wildman–Crippen MR) is 97.2 cm³/mol. The van der Waals surface area contributed by atoms with Gasteiger partial charge < -0.3 is 11.1 Å². The number of aliphatic imine (C=N–C) groups is 1. The van der Waals surface area contributed by atoms with Crippen molar-refractivity contribution in [3.8, 4) is 0 Å². The molecule has 1 fully saturated rings. The van der Waals surface area contributed by atoms with Crippen molar-refractivity contribution in [2.45, 2.75) is 0 Å². The third-order valence-electron chi connectivity index (χ3n) is 3.21. The van der Waals surface area contributed by atoms with Crippen molar-refractivity contribution in [1.82, 2.24) is 5.32 Å². The summed E-state index contributed by atoms with van der Waals surface area (Å²) in [4.78, 5) is 28.3. The number of nitrogens with two attached hydrogens (primary N) is 1. The quantitative estimate of drug-likeness (QED) is 0.826. The lowest BCUT2D eigenvalue weighted by Crippen LogP contribution is -2.19. The molecule has 0 saturated carbocycles. The maximum absolute atomic E-state index is 12.1. The third-order valence-corrected chi connectivity index (χ3v) is 4.37. The Bertz CT molecular complexity index is 876. The Balaban J connectivity index is 1.87. The van der Waals surface area contributed by atoms with Crippen molar-refractivity contribution in [3.63, 3.8) is 0 Å². The molecular weight excluding hydrogens is 346 g/mol. The standard InChI is InChI=1S/C17H12ClN3O2S/c18-11-7-5-10(6-8-11)9-14-16(23)21-17(24-14)20-13-4-2-1-3-12(13)15(19)22/h1-9H,(H2,19,22)(H,20,21,23)/b14-9-. The zero-order valence-corrected chi connectivity index (χ0v) is 13.9. The molecular formula is C17H12ClN3O2S. The SMILES string of the molecule is NC(=O)c1ccccc1N=C1NC(=O)/C(=C/c2ccc(Cl)cc2)S1. The zero-order chi connectivity index (χ0) is 17.1. The van der Waals surface area contributed by atoms with Crippen molar-refractivity contribution >= 4 is 52.1 Å². The van der Waals surface area contributed by atoms with Gasteiger partial charge in [0.05, 0.1) is 16.2 Å². The summed E-state index contributed by atoms with van der Waals surface area (Å²) in [5.41, 5.74) is 6.91. The van der Waals surface area contributed by atoms with E-state index in [1.807, 2.05) is 12.1 Å². The van der Waals surface area contributed by atoms with Crippen LogP contribution < -0.4 is 11.1 Å². The van der Waals surface area contributed by atoms with Crippen LogP contribution in [0.3, 0.4) is 0 Å². The minimum absolute atomic E-state index is 0.245. The van der Waals surface area contributed by atoms with Crippen LogP contribution in [0.5, 0.6) is 0 Å². The van der Waals surface area contributed by atoms with Crippen LogP contribution >= 0.6 is 23.4 Å². The molecule has 0 aliphatic carbocycles. The highest BCUT2D eigenvalue weighted by Gasteiger charge is 2.24. The molecule has 5 nitrogen and oxygen atoms in total. The molecule has 2 aromatic rings. The number of amides is 2. The molecule has 0 unspecified atom stereocenters. The number of halogens is 1. The average Bonchev–Trinajstić information content (AvgIpc) is 2.89. The maximum Gasteiger partial charge on any atom is 0.264 e. The molecule has 3 rings (SSSR count). The first kappa shape index (κ1) is 16.3. The van der Waals surface area contributed by atoms with E-state index in [2.05, 4.69) is 10.3 Å². The molecule has 1 saturated heterocycles. The summed E-state index contributed by atoms with van der Waals surface area (Å²) in [6.07, 6.45) is 1.75. The highest BCUT2D eigenvalue weighted by molar-refractivity contribution is 8.18. The molecule has 120 valence electrons. The van der Waals surface area contributed by atoms with Gasteiger partial charge in [0, 0.05) is 5.02 Å². The fourth-order valence-corrected chi connectivity index (χ4v) is 3.04. The molecule has 24 heavy (non-hydrogen) atoms. The Morgan fingerprint density at radius 1 is 1.17 bits per heavy atom. The average molecular weight is 358 g/mol. The Morgan fingerprint density at radius 2 is 1.88 bits per heavy atom. The van der Waals surface area contributed by atoms with Crippen molar-refractivity contribution in [3.05, 3.63) is 69.6 Å². The van der Waals surface area contributed by atoms with E-state index in [1.54, 1.807) is 42.5 Å². The topological polar surface area (TPSA) is 84.6 Å². The summed E-state index contributed by atoms with van der Waals surface area (Å²) in [5.74, 6) is -0.813. The van der Waals surface area contributed by atoms with E-state index in [4.69, 9.17) is 17.3 Å². The third kappa shape index (κ3) is 3.67. The molecule has 2 amide bonds. The number of nitrogens with zero attached hydrogens (tertiary/aromatic N) is 1. The number of carbonyl (C=O) groups excluding carboxylic acids is 2. The first-order valence-electron chi connectivity index (χ1n) is 6.97. The van der Waals surface area contributed by atoms with Crippen LogP contribution in [0.4, 0.5) is 5.69 Å². The minimum Gasteiger partial charge on any atom is -0.366 e.